The van der Waals surface area contributed by atoms with Crippen LogP contribution in [0.15, 0.2) is 18.2 Å². The lowest BCUT2D eigenvalue weighted by molar-refractivity contribution is -0.140. The van der Waals surface area contributed by atoms with Crippen LogP contribution < -0.4 is 11.1 Å². The van der Waals surface area contributed by atoms with E-state index < -0.39 is 12.2 Å². The first-order chi connectivity index (χ1) is 6.48. The highest BCUT2D eigenvalue weighted by molar-refractivity contribution is 5.67. The van der Waals surface area contributed by atoms with Gasteiger partial charge in [-0.1, -0.05) is 6.07 Å². The van der Waals surface area contributed by atoms with E-state index in [-0.39, 0.29) is 6.42 Å². The van der Waals surface area contributed by atoms with Crippen LogP contribution in [0.1, 0.15) is 5.56 Å². The predicted octanol–water partition coefficient (Wildman–Crippen LogP) is 2.17. The van der Waals surface area contributed by atoms with Gasteiger partial charge in [-0.05, 0) is 12.1 Å². The van der Waals surface area contributed by atoms with Crippen LogP contribution in [0, 0.1) is 0 Å². The largest absolute Gasteiger partial charge is 0.408 e. The Morgan fingerprint density at radius 2 is 2.07 bits per heavy atom. The molecule has 0 amide bonds. The van der Waals surface area contributed by atoms with Gasteiger partial charge in [0.1, 0.15) is 6.04 Å². The van der Waals surface area contributed by atoms with Crippen LogP contribution in [0.25, 0.3) is 0 Å². The normalized spacial score (nSPS) is 20.4. The summed E-state index contributed by atoms with van der Waals surface area (Å²) >= 11 is 0. The maximum atomic E-state index is 12.4. The average molecular weight is 202 g/mol. The van der Waals surface area contributed by atoms with Crippen LogP contribution in [0.3, 0.4) is 0 Å². The van der Waals surface area contributed by atoms with Gasteiger partial charge in [0.25, 0.3) is 0 Å². The van der Waals surface area contributed by atoms with Crippen molar-refractivity contribution < 1.29 is 13.2 Å². The van der Waals surface area contributed by atoms with Gasteiger partial charge in [0.05, 0.1) is 0 Å². The molecular formula is C9H9F3N2. The van der Waals surface area contributed by atoms with E-state index in [2.05, 4.69) is 5.32 Å². The third-order valence-corrected chi connectivity index (χ3v) is 2.35. The molecule has 1 aliphatic rings. The first-order valence-electron chi connectivity index (χ1n) is 4.19. The van der Waals surface area contributed by atoms with Crippen molar-refractivity contribution in [3.63, 3.8) is 0 Å². The van der Waals surface area contributed by atoms with Gasteiger partial charge in [0.2, 0.25) is 0 Å². The Labute approximate surface area is 78.9 Å². The van der Waals surface area contributed by atoms with Crippen LogP contribution in [0.2, 0.25) is 0 Å². The van der Waals surface area contributed by atoms with Crippen molar-refractivity contribution in [2.45, 2.75) is 18.6 Å². The zero-order valence-corrected chi connectivity index (χ0v) is 7.23. The SMILES string of the molecule is Nc1cccc2c1C[C@H](C(F)(F)F)N2. The van der Waals surface area contributed by atoms with Crippen molar-refractivity contribution in [3.8, 4) is 0 Å². The number of nitrogens with one attached hydrogen (secondary N) is 1. The van der Waals surface area contributed by atoms with Crippen molar-refractivity contribution in [1.82, 2.24) is 0 Å². The molecule has 1 aliphatic heterocycles. The number of alkyl halides is 3. The predicted molar refractivity (Wildman–Crippen MR) is 48.0 cm³/mol. The maximum absolute atomic E-state index is 12.4. The topological polar surface area (TPSA) is 38.0 Å². The van der Waals surface area contributed by atoms with E-state index in [1.165, 1.54) is 0 Å². The van der Waals surface area contributed by atoms with E-state index in [4.69, 9.17) is 5.73 Å². The molecule has 0 bridgehead atoms. The quantitative estimate of drug-likeness (QED) is 0.633. The first-order valence-corrected chi connectivity index (χ1v) is 4.19. The Morgan fingerprint density at radius 1 is 1.36 bits per heavy atom. The summed E-state index contributed by atoms with van der Waals surface area (Å²) in [5.41, 5.74) is 7.05. The number of benzene rings is 1. The number of fused-ring (bicyclic) bond motifs is 1. The van der Waals surface area contributed by atoms with Gasteiger partial charge in [-0.15, -0.1) is 0 Å². The van der Waals surface area contributed by atoms with Crippen molar-refractivity contribution in [2.75, 3.05) is 11.1 Å². The number of hydrogen-bond acceptors (Lipinski definition) is 2. The van der Waals surface area contributed by atoms with Crippen LogP contribution >= 0.6 is 0 Å². The summed E-state index contributed by atoms with van der Waals surface area (Å²) in [6.45, 7) is 0. The standard InChI is InChI=1S/C9H9F3N2/c10-9(11,12)8-4-5-6(13)2-1-3-7(5)14-8/h1-3,8,14H,4,13H2/t8-/m1/s1. The molecule has 1 atom stereocenters. The number of nitrogen functional groups attached to an aromatic ring is 1. The summed E-state index contributed by atoms with van der Waals surface area (Å²) in [6.07, 6.45) is -4.29. The molecule has 0 aromatic heterocycles. The smallest absolute Gasteiger partial charge is 0.398 e. The molecule has 0 unspecified atom stereocenters. The minimum absolute atomic E-state index is 0.0779. The van der Waals surface area contributed by atoms with Gasteiger partial charge in [0.15, 0.2) is 0 Å². The summed E-state index contributed by atoms with van der Waals surface area (Å²) in [7, 11) is 0. The van der Waals surface area contributed by atoms with Gasteiger partial charge >= 0.3 is 6.18 Å². The number of nitrogens with two attached hydrogens (primary N) is 1. The zero-order chi connectivity index (χ0) is 10.3. The molecule has 0 saturated heterocycles. The van der Waals surface area contributed by atoms with Gasteiger partial charge in [0, 0.05) is 23.4 Å². The first kappa shape index (κ1) is 9.18. The molecule has 3 N–H and O–H groups in total. The number of anilines is 2. The molecule has 0 fully saturated rings. The molecule has 76 valence electrons. The number of hydrogen-bond donors (Lipinski definition) is 2. The van der Waals surface area contributed by atoms with Crippen LogP contribution in [-0.2, 0) is 6.42 Å². The zero-order valence-electron chi connectivity index (χ0n) is 7.23. The lowest BCUT2D eigenvalue weighted by Crippen LogP contribution is -2.34. The van der Waals surface area contributed by atoms with Crippen molar-refractivity contribution in [1.29, 1.82) is 0 Å². The van der Waals surface area contributed by atoms with Gasteiger partial charge in [-0.25, -0.2) is 0 Å². The Bertz CT molecular complexity index is 360. The van der Waals surface area contributed by atoms with E-state index >= 15 is 0 Å². The van der Waals surface area contributed by atoms with E-state index in [1.54, 1.807) is 18.2 Å². The molecule has 0 saturated carbocycles. The Balaban J connectivity index is 2.31. The highest BCUT2D eigenvalue weighted by Gasteiger charge is 2.43. The van der Waals surface area contributed by atoms with Crippen molar-refractivity contribution in [2.24, 2.45) is 0 Å². The lowest BCUT2D eigenvalue weighted by Gasteiger charge is -2.14. The molecule has 5 heteroatoms. The van der Waals surface area contributed by atoms with E-state index in [0.29, 0.717) is 16.9 Å². The molecule has 1 heterocycles. The molecule has 2 rings (SSSR count). The van der Waals surface area contributed by atoms with Crippen molar-refractivity contribution >= 4 is 11.4 Å². The van der Waals surface area contributed by atoms with Gasteiger partial charge in [-0.2, -0.15) is 13.2 Å². The fraction of sp³-hybridized carbons (Fsp3) is 0.333. The third-order valence-electron chi connectivity index (χ3n) is 2.35. The summed E-state index contributed by atoms with van der Waals surface area (Å²) in [6, 6.07) is 3.36. The minimum atomic E-state index is -4.22. The highest BCUT2D eigenvalue weighted by Crippen LogP contribution is 2.36. The average Bonchev–Trinajstić information content (AvgIpc) is 2.48. The Kier molecular flexibility index (Phi) is 1.83. The second-order valence-corrected chi connectivity index (χ2v) is 3.32. The Morgan fingerprint density at radius 3 is 2.64 bits per heavy atom. The molecule has 0 radical (unpaired) electrons. The van der Waals surface area contributed by atoms with Gasteiger partial charge in [-0.3, -0.25) is 0 Å². The molecular weight excluding hydrogens is 193 g/mol. The van der Waals surface area contributed by atoms with Gasteiger partial charge < -0.3 is 11.1 Å². The fourth-order valence-corrected chi connectivity index (χ4v) is 1.61. The monoisotopic (exact) mass is 202 g/mol. The highest BCUT2D eigenvalue weighted by atomic mass is 19.4. The summed E-state index contributed by atoms with van der Waals surface area (Å²) in [4.78, 5) is 0. The maximum Gasteiger partial charge on any atom is 0.408 e. The molecule has 0 spiro atoms. The van der Waals surface area contributed by atoms with Crippen molar-refractivity contribution in [3.05, 3.63) is 23.8 Å². The molecule has 2 nitrogen and oxygen atoms in total. The Hall–Kier alpha value is -1.39. The van der Waals surface area contributed by atoms with Crippen LogP contribution in [0.5, 0.6) is 0 Å². The van der Waals surface area contributed by atoms with E-state index in [0.717, 1.165) is 0 Å². The third kappa shape index (κ3) is 1.38. The molecule has 1 aromatic carbocycles. The summed E-state index contributed by atoms with van der Waals surface area (Å²) in [5, 5.41) is 2.41. The fourth-order valence-electron chi connectivity index (χ4n) is 1.61. The summed E-state index contributed by atoms with van der Waals surface area (Å²) < 4.78 is 37.1. The van der Waals surface area contributed by atoms with Crippen LogP contribution in [0.4, 0.5) is 24.5 Å². The number of halogens is 3. The second-order valence-electron chi connectivity index (χ2n) is 3.32. The second kappa shape index (κ2) is 2.80. The molecule has 1 aromatic rings. The van der Waals surface area contributed by atoms with E-state index in [9.17, 15) is 13.2 Å². The number of rotatable bonds is 0. The van der Waals surface area contributed by atoms with E-state index in [1.807, 2.05) is 0 Å². The lowest BCUT2D eigenvalue weighted by atomic mass is 10.1. The summed E-state index contributed by atoms with van der Waals surface area (Å²) in [5.74, 6) is 0. The molecule has 14 heavy (non-hydrogen) atoms. The van der Waals surface area contributed by atoms with Crippen LogP contribution in [-0.4, -0.2) is 12.2 Å². The molecule has 0 aliphatic carbocycles. The minimum Gasteiger partial charge on any atom is -0.398 e.